The molecule has 0 aliphatic heterocycles. The highest BCUT2D eigenvalue weighted by Gasteiger charge is 2.45. The third-order valence-corrected chi connectivity index (χ3v) is 4.06. The number of hydrogen-bond donors (Lipinski definition) is 1. The van der Waals surface area contributed by atoms with Gasteiger partial charge in [0.2, 0.25) is 11.8 Å². The lowest BCUT2D eigenvalue weighted by Crippen LogP contribution is -2.16. The summed E-state index contributed by atoms with van der Waals surface area (Å²) in [7, 11) is 1.56. The van der Waals surface area contributed by atoms with Crippen LogP contribution in [-0.4, -0.2) is 31.2 Å². The number of amides is 1. The standard InChI is InChI=1S/C18H18F2N2O3/c1-24-8-9-25-18-15(6-3-7-21-18)22-17(23)13-10-12(13)11-4-2-5-14(19)16(11)20/h2-7,12-13H,8-10H2,1H3,(H,22,23)/t12-,13+/m0/s1. The predicted octanol–water partition coefficient (Wildman–Crippen LogP) is 3.13. The number of ether oxygens (including phenoxy) is 2. The van der Waals surface area contributed by atoms with Crippen molar-refractivity contribution in [2.24, 2.45) is 5.92 Å². The Bertz CT molecular complexity index is 770. The molecule has 1 amide bonds. The van der Waals surface area contributed by atoms with Crippen molar-refractivity contribution in [2.75, 3.05) is 25.6 Å². The molecule has 1 aromatic heterocycles. The maximum absolute atomic E-state index is 13.8. The molecule has 1 fully saturated rings. The van der Waals surface area contributed by atoms with E-state index in [9.17, 15) is 13.6 Å². The monoisotopic (exact) mass is 348 g/mol. The van der Waals surface area contributed by atoms with E-state index in [4.69, 9.17) is 9.47 Å². The molecule has 1 heterocycles. The largest absolute Gasteiger partial charge is 0.474 e. The number of anilines is 1. The highest BCUT2D eigenvalue weighted by Crippen LogP contribution is 2.49. The molecule has 1 N–H and O–H groups in total. The second-order valence-corrected chi connectivity index (χ2v) is 5.78. The number of nitrogens with zero attached hydrogens (tertiary/aromatic N) is 1. The molecule has 2 atom stereocenters. The van der Waals surface area contributed by atoms with Crippen LogP contribution in [0.4, 0.5) is 14.5 Å². The number of aromatic nitrogens is 1. The number of carbonyl (C=O) groups excluding carboxylic acids is 1. The van der Waals surface area contributed by atoms with E-state index in [0.29, 0.717) is 31.2 Å². The Morgan fingerprint density at radius 2 is 2.12 bits per heavy atom. The molecule has 1 saturated carbocycles. The molecule has 5 nitrogen and oxygen atoms in total. The zero-order valence-corrected chi connectivity index (χ0v) is 13.7. The first-order valence-corrected chi connectivity index (χ1v) is 7.93. The maximum Gasteiger partial charge on any atom is 0.237 e. The Labute approximate surface area is 144 Å². The lowest BCUT2D eigenvalue weighted by molar-refractivity contribution is -0.117. The summed E-state index contributed by atoms with van der Waals surface area (Å²) in [6, 6.07) is 7.38. The second-order valence-electron chi connectivity index (χ2n) is 5.78. The third kappa shape index (κ3) is 3.93. The van der Waals surface area contributed by atoms with Crippen LogP contribution >= 0.6 is 0 Å². The van der Waals surface area contributed by atoms with Gasteiger partial charge in [0, 0.05) is 19.2 Å². The number of pyridine rings is 1. The van der Waals surface area contributed by atoms with Gasteiger partial charge in [-0.05, 0) is 36.1 Å². The van der Waals surface area contributed by atoms with Crippen LogP contribution in [0.3, 0.4) is 0 Å². The summed E-state index contributed by atoms with van der Waals surface area (Å²) in [6.07, 6.45) is 2.03. The quantitative estimate of drug-likeness (QED) is 0.781. The molecule has 0 radical (unpaired) electrons. The lowest BCUT2D eigenvalue weighted by Gasteiger charge is -2.11. The molecule has 1 aromatic carbocycles. The van der Waals surface area contributed by atoms with Crippen LogP contribution in [0.2, 0.25) is 0 Å². The van der Waals surface area contributed by atoms with E-state index in [0.717, 1.165) is 6.07 Å². The van der Waals surface area contributed by atoms with Crippen molar-refractivity contribution >= 4 is 11.6 Å². The normalized spacial score (nSPS) is 18.7. The van der Waals surface area contributed by atoms with Gasteiger partial charge >= 0.3 is 0 Å². The first kappa shape index (κ1) is 17.3. The predicted molar refractivity (Wildman–Crippen MR) is 87.4 cm³/mol. The van der Waals surface area contributed by atoms with E-state index in [-0.39, 0.29) is 17.4 Å². The Hall–Kier alpha value is -2.54. The van der Waals surface area contributed by atoms with Gasteiger partial charge in [0.15, 0.2) is 11.6 Å². The van der Waals surface area contributed by atoms with E-state index in [1.54, 1.807) is 25.4 Å². The van der Waals surface area contributed by atoms with Crippen molar-refractivity contribution in [3.05, 3.63) is 53.7 Å². The molecule has 2 aromatic rings. The van der Waals surface area contributed by atoms with Gasteiger partial charge in [0.1, 0.15) is 12.3 Å². The Morgan fingerprint density at radius 3 is 2.92 bits per heavy atom. The van der Waals surface area contributed by atoms with Gasteiger partial charge in [-0.25, -0.2) is 13.8 Å². The van der Waals surface area contributed by atoms with Crippen molar-refractivity contribution in [3.63, 3.8) is 0 Å². The topological polar surface area (TPSA) is 60.5 Å². The molecular weight excluding hydrogens is 330 g/mol. The summed E-state index contributed by atoms with van der Waals surface area (Å²) in [5.74, 6) is -2.47. The zero-order chi connectivity index (χ0) is 17.8. The smallest absolute Gasteiger partial charge is 0.237 e. The van der Waals surface area contributed by atoms with Crippen molar-refractivity contribution in [3.8, 4) is 5.88 Å². The van der Waals surface area contributed by atoms with Crippen molar-refractivity contribution in [1.29, 1.82) is 0 Å². The average molecular weight is 348 g/mol. The molecular formula is C18H18F2N2O3. The van der Waals surface area contributed by atoms with E-state index in [1.165, 1.54) is 12.1 Å². The van der Waals surface area contributed by atoms with E-state index < -0.39 is 17.6 Å². The number of carbonyl (C=O) groups is 1. The molecule has 0 spiro atoms. The van der Waals surface area contributed by atoms with Crippen LogP contribution in [0, 0.1) is 17.6 Å². The Balaban J connectivity index is 1.65. The van der Waals surface area contributed by atoms with Gasteiger partial charge in [-0.1, -0.05) is 12.1 Å². The summed E-state index contributed by atoms with van der Waals surface area (Å²) >= 11 is 0. The van der Waals surface area contributed by atoms with Gasteiger partial charge < -0.3 is 14.8 Å². The minimum atomic E-state index is -0.898. The summed E-state index contributed by atoms with van der Waals surface area (Å²) in [5.41, 5.74) is 0.678. The van der Waals surface area contributed by atoms with Crippen molar-refractivity contribution in [1.82, 2.24) is 4.98 Å². The number of rotatable bonds is 7. The van der Waals surface area contributed by atoms with Gasteiger partial charge in [-0.15, -0.1) is 0 Å². The van der Waals surface area contributed by atoms with E-state index in [2.05, 4.69) is 10.3 Å². The van der Waals surface area contributed by atoms with Gasteiger partial charge in [0.05, 0.1) is 6.61 Å². The number of benzene rings is 1. The highest BCUT2D eigenvalue weighted by molar-refractivity contribution is 5.96. The molecule has 1 aliphatic rings. The molecule has 3 rings (SSSR count). The summed E-state index contributed by atoms with van der Waals surface area (Å²) in [5, 5.41) is 2.75. The number of nitrogens with one attached hydrogen (secondary N) is 1. The molecule has 0 saturated heterocycles. The third-order valence-electron chi connectivity index (χ3n) is 4.06. The number of halogens is 2. The fourth-order valence-corrected chi connectivity index (χ4v) is 2.68. The molecule has 132 valence electrons. The SMILES string of the molecule is COCCOc1ncccc1NC(=O)[C@@H]1C[C@H]1c1cccc(F)c1F. The Morgan fingerprint density at radius 1 is 1.28 bits per heavy atom. The minimum Gasteiger partial charge on any atom is -0.474 e. The molecule has 25 heavy (non-hydrogen) atoms. The zero-order valence-electron chi connectivity index (χ0n) is 13.7. The van der Waals surface area contributed by atoms with Crippen LogP contribution in [-0.2, 0) is 9.53 Å². The van der Waals surface area contributed by atoms with Crippen molar-refractivity contribution < 1.29 is 23.0 Å². The summed E-state index contributed by atoms with van der Waals surface area (Å²) in [4.78, 5) is 16.5. The molecule has 0 bridgehead atoms. The fourth-order valence-electron chi connectivity index (χ4n) is 2.68. The van der Waals surface area contributed by atoms with E-state index >= 15 is 0 Å². The van der Waals surface area contributed by atoms with Crippen LogP contribution < -0.4 is 10.1 Å². The number of methoxy groups -OCH3 is 1. The minimum absolute atomic E-state index is 0.239. The van der Waals surface area contributed by atoms with E-state index in [1.807, 2.05) is 0 Å². The summed E-state index contributed by atoms with van der Waals surface area (Å²) < 4.78 is 37.6. The maximum atomic E-state index is 13.8. The first-order chi connectivity index (χ1) is 12.1. The van der Waals surface area contributed by atoms with Gasteiger partial charge in [0.25, 0.3) is 0 Å². The second kappa shape index (κ2) is 7.57. The summed E-state index contributed by atoms with van der Waals surface area (Å²) in [6.45, 7) is 0.699. The lowest BCUT2D eigenvalue weighted by atomic mass is 10.1. The van der Waals surface area contributed by atoms with Crippen LogP contribution in [0.25, 0.3) is 0 Å². The molecule has 1 aliphatic carbocycles. The average Bonchev–Trinajstić information content (AvgIpc) is 3.40. The fraction of sp³-hybridized carbons (Fsp3) is 0.333. The molecule has 0 unspecified atom stereocenters. The van der Waals surface area contributed by atoms with Crippen molar-refractivity contribution in [2.45, 2.75) is 12.3 Å². The Kier molecular flexibility index (Phi) is 5.23. The van der Waals surface area contributed by atoms with Crippen LogP contribution in [0.1, 0.15) is 17.9 Å². The van der Waals surface area contributed by atoms with Gasteiger partial charge in [-0.2, -0.15) is 0 Å². The van der Waals surface area contributed by atoms with Gasteiger partial charge in [-0.3, -0.25) is 4.79 Å². The van der Waals surface area contributed by atoms with Crippen LogP contribution in [0.15, 0.2) is 36.5 Å². The molecule has 7 heteroatoms. The number of hydrogen-bond acceptors (Lipinski definition) is 4. The first-order valence-electron chi connectivity index (χ1n) is 7.93. The highest BCUT2D eigenvalue weighted by atomic mass is 19.2. The van der Waals surface area contributed by atoms with Crippen LogP contribution in [0.5, 0.6) is 5.88 Å².